The molecule has 1 aromatic carbocycles. The third-order valence-electron chi connectivity index (χ3n) is 3.15. The van der Waals surface area contributed by atoms with E-state index >= 15 is 0 Å². The Morgan fingerprint density at radius 2 is 1.89 bits per heavy atom. The maximum absolute atomic E-state index is 12.8. The number of halogens is 1. The Kier molecular flexibility index (Phi) is 5.23. The minimum atomic E-state index is -0.198. The Morgan fingerprint density at radius 3 is 2.39 bits per heavy atom. The van der Waals surface area contributed by atoms with Gasteiger partial charge in [-0.25, -0.2) is 4.39 Å². The van der Waals surface area contributed by atoms with Crippen LogP contribution in [0.1, 0.15) is 25.8 Å². The predicted octanol–water partition coefficient (Wildman–Crippen LogP) is 2.96. The molecule has 0 unspecified atom stereocenters. The highest BCUT2D eigenvalue weighted by atomic mass is 32.1. The first-order chi connectivity index (χ1) is 8.31. The van der Waals surface area contributed by atoms with E-state index < -0.39 is 0 Å². The summed E-state index contributed by atoms with van der Waals surface area (Å²) in [6.45, 7) is 5.82. The average molecular weight is 268 g/mol. The van der Waals surface area contributed by atoms with E-state index in [0.717, 1.165) is 25.1 Å². The van der Waals surface area contributed by atoms with Gasteiger partial charge in [0.15, 0.2) is 0 Å². The summed E-state index contributed by atoms with van der Waals surface area (Å²) in [5, 5.41) is 0. The van der Waals surface area contributed by atoms with Crippen LogP contribution in [0.5, 0.6) is 0 Å². The summed E-state index contributed by atoms with van der Waals surface area (Å²) in [5.74, 6) is -0.198. The summed E-state index contributed by atoms with van der Waals surface area (Å²) in [6.07, 6.45) is 0.917. The highest BCUT2D eigenvalue weighted by Crippen LogP contribution is 2.21. The summed E-state index contributed by atoms with van der Waals surface area (Å²) < 4.78 is 12.8. The van der Waals surface area contributed by atoms with Crippen molar-refractivity contribution in [2.45, 2.75) is 26.8 Å². The summed E-state index contributed by atoms with van der Waals surface area (Å²) in [4.78, 5) is 2.74. The molecular weight excluding hydrogens is 247 g/mol. The smallest absolute Gasteiger partial charge is 0.123 e. The zero-order valence-corrected chi connectivity index (χ0v) is 12.1. The second-order valence-corrected chi connectivity index (χ2v) is 5.80. The second kappa shape index (κ2) is 6.25. The van der Waals surface area contributed by atoms with Gasteiger partial charge in [0.1, 0.15) is 5.82 Å². The molecule has 1 rings (SSSR count). The van der Waals surface area contributed by atoms with Gasteiger partial charge in [-0.1, -0.05) is 38.2 Å². The molecule has 0 radical (unpaired) electrons. The van der Waals surface area contributed by atoms with Crippen LogP contribution in [-0.4, -0.2) is 23.5 Å². The Hall–Kier alpha value is -1.00. The van der Waals surface area contributed by atoms with E-state index in [1.165, 1.54) is 12.1 Å². The summed E-state index contributed by atoms with van der Waals surface area (Å²) in [7, 11) is 2.04. The first kappa shape index (κ1) is 15.1. The van der Waals surface area contributed by atoms with E-state index in [9.17, 15) is 4.39 Å². The molecule has 18 heavy (non-hydrogen) atoms. The van der Waals surface area contributed by atoms with Crippen molar-refractivity contribution in [3.63, 3.8) is 0 Å². The molecule has 2 N–H and O–H groups in total. The average Bonchev–Trinajstić information content (AvgIpc) is 2.29. The van der Waals surface area contributed by atoms with Crippen LogP contribution >= 0.6 is 12.2 Å². The first-order valence-corrected chi connectivity index (χ1v) is 6.45. The molecule has 0 aliphatic carbocycles. The van der Waals surface area contributed by atoms with Gasteiger partial charge in [-0.2, -0.15) is 0 Å². The van der Waals surface area contributed by atoms with Crippen LogP contribution in [0, 0.1) is 11.2 Å². The maximum atomic E-state index is 12.8. The molecule has 0 aliphatic rings. The minimum Gasteiger partial charge on any atom is -0.393 e. The van der Waals surface area contributed by atoms with Crippen molar-refractivity contribution >= 4 is 17.2 Å². The van der Waals surface area contributed by atoms with Crippen molar-refractivity contribution in [1.29, 1.82) is 0 Å². The molecule has 100 valence electrons. The van der Waals surface area contributed by atoms with Crippen LogP contribution in [-0.2, 0) is 6.54 Å². The van der Waals surface area contributed by atoms with Gasteiger partial charge in [0.05, 0.1) is 4.99 Å². The Labute approximate surface area is 114 Å². The Morgan fingerprint density at radius 1 is 1.33 bits per heavy atom. The number of nitrogens with zero attached hydrogens (tertiary/aromatic N) is 1. The van der Waals surface area contributed by atoms with Gasteiger partial charge in [-0.05, 0) is 37.7 Å². The predicted molar refractivity (Wildman–Crippen MR) is 77.9 cm³/mol. The van der Waals surface area contributed by atoms with Crippen LogP contribution in [0.3, 0.4) is 0 Å². The van der Waals surface area contributed by atoms with Gasteiger partial charge in [0.2, 0.25) is 0 Å². The minimum absolute atomic E-state index is 0.119. The van der Waals surface area contributed by atoms with Crippen molar-refractivity contribution in [2.24, 2.45) is 11.1 Å². The first-order valence-electron chi connectivity index (χ1n) is 6.04. The molecule has 0 heterocycles. The fourth-order valence-corrected chi connectivity index (χ4v) is 1.68. The van der Waals surface area contributed by atoms with Gasteiger partial charge >= 0.3 is 0 Å². The SMILES string of the molecule is CN(CCC(C)(C)C(N)=S)Cc1ccc(F)cc1. The van der Waals surface area contributed by atoms with Crippen LogP contribution < -0.4 is 5.73 Å². The van der Waals surface area contributed by atoms with Gasteiger partial charge in [-0.3, -0.25) is 0 Å². The van der Waals surface area contributed by atoms with E-state index in [1.807, 2.05) is 19.2 Å². The molecule has 0 saturated heterocycles. The molecule has 0 fully saturated rings. The highest BCUT2D eigenvalue weighted by molar-refractivity contribution is 7.80. The number of hydrogen-bond donors (Lipinski definition) is 1. The third-order valence-corrected chi connectivity index (χ3v) is 3.70. The molecule has 0 atom stereocenters. The largest absolute Gasteiger partial charge is 0.393 e. The van der Waals surface area contributed by atoms with Crippen molar-refractivity contribution in [3.8, 4) is 0 Å². The maximum Gasteiger partial charge on any atom is 0.123 e. The highest BCUT2D eigenvalue weighted by Gasteiger charge is 2.21. The molecular formula is C14H21FN2S. The van der Waals surface area contributed by atoms with E-state index in [1.54, 1.807) is 0 Å². The molecule has 0 saturated carbocycles. The summed E-state index contributed by atoms with van der Waals surface area (Å²) >= 11 is 5.05. The quantitative estimate of drug-likeness (QED) is 0.804. The van der Waals surface area contributed by atoms with Crippen molar-refractivity contribution in [1.82, 2.24) is 4.90 Å². The standard InChI is InChI=1S/C14H21FN2S/c1-14(2,13(16)18)8-9-17(3)10-11-4-6-12(15)7-5-11/h4-7H,8-10H2,1-3H3,(H2,16,18). The fraction of sp³-hybridized carbons (Fsp3) is 0.500. The molecule has 1 aromatic rings. The van der Waals surface area contributed by atoms with Crippen LogP contribution in [0.15, 0.2) is 24.3 Å². The van der Waals surface area contributed by atoms with Gasteiger partial charge in [-0.15, -0.1) is 0 Å². The van der Waals surface area contributed by atoms with Crippen molar-refractivity contribution in [3.05, 3.63) is 35.6 Å². The fourth-order valence-electron chi connectivity index (χ4n) is 1.57. The zero-order valence-electron chi connectivity index (χ0n) is 11.2. The van der Waals surface area contributed by atoms with Gasteiger partial charge < -0.3 is 10.6 Å². The summed E-state index contributed by atoms with van der Waals surface area (Å²) in [5.41, 5.74) is 6.68. The third kappa shape index (κ3) is 4.70. The molecule has 4 heteroatoms. The zero-order chi connectivity index (χ0) is 13.8. The molecule has 2 nitrogen and oxygen atoms in total. The van der Waals surface area contributed by atoms with Crippen LogP contribution in [0.25, 0.3) is 0 Å². The van der Waals surface area contributed by atoms with E-state index in [-0.39, 0.29) is 11.2 Å². The Bertz CT molecular complexity index is 401. The van der Waals surface area contributed by atoms with Crippen molar-refractivity contribution < 1.29 is 4.39 Å². The lowest BCUT2D eigenvalue weighted by Gasteiger charge is -2.26. The van der Waals surface area contributed by atoms with Crippen LogP contribution in [0.2, 0.25) is 0 Å². The molecule has 0 spiro atoms. The topological polar surface area (TPSA) is 29.3 Å². The van der Waals surface area contributed by atoms with E-state index in [4.69, 9.17) is 18.0 Å². The van der Waals surface area contributed by atoms with Crippen LogP contribution in [0.4, 0.5) is 4.39 Å². The summed E-state index contributed by atoms with van der Waals surface area (Å²) in [6, 6.07) is 6.60. The number of thiocarbonyl (C=S) groups is 1. The van der Waals surface area contributed by atoms with Crippen molar-refractivity contribution in [2.75, 3.05) is 13.6 Å². The number of hydrogen-bond acceptors (Lipinski definition) is 2. The normalized spacial score (nSPS) is 11.8. The second-order valence-electron chi connectivity index (χ2n) is 5.36. The molecule has 0 aromatic heterocycles. The number of rotatable bonds is 6. The molecule has 0 amide bonds. The molecule has 0 aliphatic heterocycles. The van der Waals surface area contributed by atoms with Gasteiger partial charge in [0, 0.05) is 12.0 Å². The lowest BCUT2D eigenvalue weighted by Crippen LogP contribution is -2.33. The lowest BCUT2D eigenvalue weighted by atomic mass is 9.89. The lowest BCUT2D eigenvalue weighted by molar-refractivity contribution is 0.286. The Balaban J connectivity index is 2.45. The number of benzene rings is 1. The monoisotopic (exact) mass is 268 g/mol. The number of nitrogens with two attached hydrogens (primary N) is 1. The van der Waals surface area contributed by atoms with E-state index in [2.05, 4.69) is 18.7 Å². The molecule has 0 bridgehead atoms. The van der Waals surface area contributed by atoms with Gasteiger partial charge in [0.25, 0.3) is 0 Å². The van der Waals surface area contributed by atoms with E-state index in [0.29, 0.717) is 4.99 Å².